The second kappa shape index (κ2) is 38.8. The van der Waals surface area contributed by atoms with E-state index in [1.807, 2.05) is 91.0 Å². The summed E-state index contributed by atoms with van der Waals surface area (Å²) in [4.78, 5) is 0. The average Bonchev–Trinajstić information content (AvgIpc) is 0.723. The Morgan fingerprint density at radius 2 is 0.640 bits per heavy atom. The Labute approximate surface area is 756 Å². The third kappa shape index (κ3) is 17.3. The zero-order valence-electron chi connectivity index (χ0n) is 70.9. The first-order valence-corrected chi connectivity index (χ1v) is 42.5. The highest BCUT2D eigenvalue weighted by atomic mass is 127. The van der Waals surface area contributed by atoms with Crippen molar-refractivity contribution in [3.8, 4) is 97.4 Å². The highest BCUT2D eigenvalue weighted by Crippen LogP contribution is 2.59. The first kappa shape index (κ1) is 86.9. The van der Waals surface area contributed by atoms with Crippen LogP contribution in [-0.2, 0) is 16.1 Å². The van der Waals surface area contributed by atoms with Crippen molar-refractivity contribution in [2.45, 2.75) is 31.8 Å². The quantitative estimate of drug-likeness (QED) is 0.0851. The molecule has 0 bridgehead atoms. The summed E-state index contributed by atoms with van der Waals surface area (Å²) in [5.74, 6) is 12.0. The molecule has 0 fully saturated rings. The van der Waals surface area contributed by atoms with Crippen LogP contribution in [0.2, 0.25) is 0 Å². The molecule has 0 saturated carbocycles. The fourth-order valence-electron chi connectivity index (χ4n) is 17.2. The van der Waals surface area contributed by atoms with Gasteiger partial charge in [0.25, 0.3) is 0 Å². The van der Waals surface area contributed by atoms with Gasteiger partial charge in [0.2, 0.25) is 0 Å². The van der Waals surface area contributed by atoms with Crippen LogP contribution < -0.4 is 56.8 Å². The number of fused-ring (bicyclic) bond motifs is 15. The van der Waals surface area contributed by atoms with Gasteiger partial charge in [-0.15, -0.1) is 0 Å². The number of halogens is 2. The molecule has 17 aromatic carbocycles. The Hall–Kier alpha value is -13.0. The molecule has 16 heteroatoms. The molecule has 630 valence electrons. The van der Waals surface area contributed by atoms with E-state index in [1.165, 1.54) is 5.56 Å². The summed E-state index contributed by atoms with van der Waals surface area (Å²) in [6, 6.07) is 99.8. The molecule has 3 unspecified atom stereocenters. The van der Waals surface area contributed by atoms with Crippen LogP contribution in [0.4, 0.5) is 0 Å². The lowest BCUT2D eigenvalue weighted by molar-refractivity contribution is 0.185. The summed E-state index contributed by atoms with van der Waals surface area (Å²) in [6.45, 7) is 4.35. The molecule has 0 aromatic heterocycles. The molecular weight excluding hydrogens is 1790 g/mol. The molecule has 3 aliphatic rings. The minimum Gasteiger partial charge on any atom is -0.497 e. The number of para-hydroxylation sites is 1. The lowest BCUT2D eigenvalue weighted by Gasteiger charge is -2.32. The van der Waals surface area contributed by atoms with Gasteiger partial charge in [0.05, 0.1) is 74.2 Å². The van der Waals surface area contributed by atoms with Gasteiger partial charge in [-0.2, -0.15) is 0 Å². The standard InChI is InChI=1S/C36H28O4.C30H22I2O4.C30H24O4.C10H12O.C2H6O.CH4/c1-37-26-14-9-23-12-17-31(39-3)34(29(23)20-26)36-28-16-11-25(22-7-5-4-6-8-22)19-33(28)40-32-18-13-24-10-15-27(38-2)21-30(24)35(32)36;1-33-19-8-4-16-6-10-25(35-3)27(21(16)14-19)29-23-12-18(31)13-24(32)30(23)36-26-11-7-17-5-9-20(34-2)15-22(17)28(26)29;1-31-20-12-8-18-10-14-26(33-3)28(23(18)16-20)30-22-6-4-5-7-25(22)34-27-15-11-19-9-13-21(32-2)17-24(19)29(27)30;1-3-9-4-6-10(7-5-9)8-11-2;1-3-2;/h4-21,36H,1-3H3;4-15,29H,1-3H3;4-17,30H,1-3H3;3-7H,1,8H2,2H3;1-2H3;1H4. The summed E-state index contributed by atoms with van der Waals surface area (Å²) in [7, 11) is 20.3. The van der Waals surface area contributed by atoms with Crippen LogP contribution in [-0.4, -0.2) is 85.3 Å². The van der Waals surface area contributed by atoms with Crippen LogP contribution in [0.3, 0.4) is 0 Å². The number of rotatable bonds is 16. The maximum Gasteiger partial charge on any atom is 0.144 e. The molecule has 0 amide bonds. The maximum atomic E-state index is 6.70. The molecule has 0 saturated heterocycles. The van der Waals surface area contributed by atoms with E-state index in [0.717, 1.165) is 225 Å². The van der Waals surface area contributed by atoms with Crippen molar-refractivity contribution in [1.82, 2.24) is 0 Å². The predicted molar refractivity (Wildman–Crippen MR) is 523 cm³/mol. The number of methoxy groups -OCH3 is 11. The van der Waals surface area contributed by atoms with E-state index in [0.29, 0.717) is 6.61 Å². The Kier molecular flexibility index (Phi) is 27.0. The summed E-state index contributed by atoms with van der Waals surface area (Å²) in [5, 5.41) is 13.3. The average molecular weight is 1880 g/mol. The molecule has 3 heterocycles. The summed E-state index contributed by atoms with van der Waals surface area (Å²) in [5.41, 5.74) is 14.4. The van der Waals surface area contributed by atoms with Crippen molar-refractivity contribution in [2.24, 2.45) is 0 Å². The topological polar surface area (TPSA) is 129 Å². The van der Waals surface area contributed by atoms with Gasteiger partial charge >= 0.3 is 0 Å². The lowest BCUT2D eigenvalue weighted by atomic mass is 9.78. The van der Waals surface area contributed by atoms with Crippen LogP contribution in [0.1, 0.15) is 86.4 Å². The maximum absolute atomic E-state index is 6.70. The van der Waals surface area contributed by atoms with Crippen molar-refractivity contribution in [3.63, 3.8) is 0 Å². The van der Waals surface area contributed by atoms with Gasteiger partial charge in [0.15, 0.2) is 0 Å². The first-order chi connectivity index (χ1) is 60.7. The van der Waals surface area contributed by atoms with Crippen molar-refractivity contribution >= 4 is 116 Å². The molecule has 17 aromatic rings. The van der Waals surface area contributed by atoms with Gasteiger partial charge in [0, 0.05) is 92.7 Å². The van der Waals surface area contributed by atoms with Crippen molar-refractivity contribution in [1.29, 1.82) is 0 Å². The zero-order chi connectivity index (χ0) is 86.2. The molecule has 0 radical (unpaired) electrons. The second-order valence-electron chi connectivity index (χ2n) is 29.9. The van der Waals surface area contributed by atoms with Gasteiger partial charge < -0.3 is 66.3 Å². The van der Waals surface area contributed by atoms with Crippen LogP contribution in [0.5, 0.6) is 86.2 Å². The van der Waals surface area contributed by atoms with Crippen molar-refractivity contribution in [3.05, 3.63) is 366 Å². The monoisotopic (exact) mass is 1880 g/mol. The molecule has 20 rings (SSSR count). The Balaban J connectivity index is 0.000000134. The first-order valence-electron chi connectivity index (χ1n) is 40.4. The van der Waals surface area contributed by atoms with E-state index in [2.05, 4.69) is 263 Å². The Morgan fingerprint density at radius 3 is 1.02 bits per heavy atom. The molecular formula is C109H96I2O14. The van der Waals surface area contributed by atoms with E-state index < -0.39 is 0 Å². The van der Waals surface area contributed by atoms with E-state index in [-0.39, 0.29) is 25.2 Å². The highest BCUT2D eigenvalue weighted by Gasteiger charge is 2.39. The van der Waals surface area contributed by atoms with Gasteiger partial charge in [-0.1, -0.05) is 178 Å². The SMILES string of the molecule is C.C=Cc1ccc(COC)cc1.COC.COc1ccc2ccc(OC)c(C3c4cc(I)cc(I)c4Oc4ccc5ccc(OC)cc5c43)c2c1.COc1ccc2ccc(OC)c(C3c4ccc(-c5ccccc5)cc4Oc4ccc5ccc(OC)cc5c43)c2c1.COc1ccc2ccc(OC)c(C3c4ccccc4Oc4ccc5ccc(OC)cc5c43)c2c1. The van der Waals surface area contributed by atoms with E-state index in [9.17, 15) is 0 Å². The number of ether oxygens (including phenoxy) is 14. The fraction of sp³-hybridized carbons (Fsp3) is 0.156. The van der Waals surface area contributed by atoms with Crippen LogP contribution >= 0.6 is 45.2 Å². The van der Waals surface area contributed by atoms with Gasteiger partial charge in [0.1, 0.15) is 86.2 Å². The second-order valence-corrected chi connectivity index (χ2v) is 32.3. The fourth-order valence-corrected chi connectivity index (χ4v) is 19.2. The minimum atomic E-state index is -0.162. The predicted octanol–water partition coefficient (Wildman–Crippen LogP) is 28.2. The van der Waals surface area contributed by atoms with Gasteiger partial charge in [-0.05, 0) is 266 Å². The molecule has 125 heavy (non-hydrogen) atoms. The summed E-state index contributed by atoms with van der Waals surface area (Å²) < 4.78 is 83.0. The van der Waals surface area contributed by atoms with E-state index in [1.54, 1.807) is 85.3 Å². The third-order valence-corrected chi connectivity index (χ3v) is 24.4. The van der Waals surface area contributed by atoms with Crippen LogP contribution in [0, 0.1) is 7.14 Å². The van der Waals surface area contributed by atoms with Crippen LogP contribution in [0.25, 0.3) is 81.8 Å². The smallest absolute Gasteiger partial charge is 0.144 e. The lowest BCUT2D eigenvalue weighted by Crippen LogP contribution is -2.15. The van der Waals surface area contributed by atoms with Gasteiger partial charge in [-0.25, -0.2) is 0 Å². The number of benzene rings is 17. The van der Waals surface area contributed by atoms with E-state index in [4.69, 9.17) is 61.6 Å². The molecule has 3 atom stereocenters. The Morgan fingerprint density at radius 1 is 0.296 bits per heavy atom. The van der Waals surface area contributed by atoms with Crippen molar-refractivity contribution in [2.75, 3.05) is 85.3 Å². The van der Waals surface area contributed by atoms with Crippen LogP contribution in [0.15, 0.2) is 298 Å². The minimum absolute atomic E-state index is 0. The largest absolute Gasteiger partial charge is 0.497 e. The van der Waals surface area contributed by atoms with Crippen molar-refractivity contribution < 1.29 is 66.3 Å². The normalized spacial score (nSPS) is 13.4. The summed E-state index contributed by atoms with van der Waals surface area (Å²) in [6.07, 6.45) is 1.83. The molecule has 0 aliphatic carbocycles. The summed E-state index contributed by atoms with van der Waals surface area (Å²) >= 11 is 4.76. The molecule has 0 spiro atoms. The Bertz CT molecular complexity index is 6830. The highest BCUT2D eigenvalue weighted by molar-refractivity contribution is 14.1. The number of hydrogen-bond acceptors (Lipinski definition) is 14. The molecule has 14 nitrogen and oxygen atoms in total. The molecule has 3 aliphatic heterocycles. The number of hydrogen-bond donors (Lipinski definition) is 0. The van der Waals surface area contributed by atoms with Gasteiger partial charge in [-0.3, -0.25) is 0 Å². The van der Waals surface area contributed by atoms with E-state index >= 15 is 0 Å². The molecule has 0 N–H and O–H groups in total. The third-order valence-electron chi connectivity index (χ3n) is 23.0. The zero-order valence-corrected chi connectivity index (χ0v) is 75.2.